The first-order valence-electron chi connectivity index (χ1n) is 7.62. The van der Waals surface area contributed by atoms with E-state index in [0.717, 1.165) is 19.3 Å². The molecule has 1 aliphatic carbocycles. The molecule has 0 saturated heterocycles. The molecule has 3 N–H and O–H groups in total. The summed E-state index contributed by atoms with van der Waals surface area (Å²) in [5, 5.41) is 15.0. The van der Waals surface area contributed by atoms with Gasteiger partial charge < -0.3 is 20.5 Å². The van der Waals surface area contributed by atoms with E-state index in [-0.39, 0.29) is 36.4 Å². The van der Waals surface area contributed by atoms with Crippen molar-refractivity contribution in [1.29, 1.82) is 0 Å². The monoisotopic (exact) mass is 328 g/mol. The van der Waals surface area contributed by atoms with Gasteiger partial charge in [-0.3, -0.25) is 0 Å². The third-order valence-corrected chi connectivity index (χ3v) is 4.33. The maximum Gasteiger partial charge on any atom is 0.387 e. The Morgan fingerprint density at radius 3 is 3.00 bits per heavy atom. The van der Waals surface area contributed by atoms with Crippen LogP contribution >= 0.6 is 0 Å². The van der Waals surface area contributed by atoms with Crippen LogP contribution in [0.2, 0.25) is 0 Å². The van der Waals surface area contributed by atoms with Crippen molar-refractivity contribution in [3.8, 4) is 5.75 Å². The predicted molar refractivity (Wildman–Crippen MR) is 81.3 cm³/mol. The van der Waals surface area contributed by atoms with Gasteiger partial charge in [0.1, 0.15) is 5.75 Å². The molecule has 128 valence electrons. The molecule has 2 rings (SSSR count). The normalized spacial score (nSPS) is 23.8. The zero-order chi connectivity index (χ0) is 16.9. The SMILES string of the molecule is CC1(CO)CCCC1NC(=O)NCc1cccc(OC(F)F)c1. The van der Waals surface area contributed by atoms with E-state index in [9.17, 15) is 18.7 Å². The number of hydrogen-bond acceptors (Lipinski definition) is 3. The maximum absolute atomic E-state index is 12.2. The van der Waals surface area contributed by atoms with Gasteiger partial charge >= 0.3 is 12.6 Å². The minimum atomic E-state index is -2.87. The first-order valence-corrected chi connectivity index (χ1v) is 7.62. The Labute approximate surface area is 134 Å². The molecule has 2 unspecified atom stereocenters. The van der Waals surface area contributed by atoms with Crippen molar-refractivity contribution in [2.24, 2.45) is 5.41 Å². The fourth-order valence-corrected chi connectivity index (χ4v) is 2.89. The highest BCUT2D eigenvalue weighted by Crippen LogP contribution is 2.37. The maximum atomic E-state index is 12.2. The molecule has 1 aromatic carbocycles. The zero-order valence-electron chi connectivity index (χ0n) is 13.0. The number of alkyl halides is 2. The van der Waals surface area contributed by atoms with Gasteiger partial charge in [-0.2, -0.15) is 8.78 Å². The van der Waals surface area contributed by atoms with Crippen molar-refractivity contribution in [2.75, 3.05) is 6.61 Å². The van der Waals surface area contributed by atoms with Crippen molar-refractivity contribution in [3.05, 3.63) is 29.8 Å². The van der Waals surface area contributed by atoms with E-state index >= 15 is 0 Å². The molecule has 1 fully saturated rings. The molecule has 0 aromatic heterocycles. The van der Waals surface area contributed by atoms with E-state index in [0.29, 0.717) is 5.56 Å². The second kappa shape index (κ2) is 7.59. The fraction of sp³-hybridized carbons (Fsp3) is 0.562. The van der Waals surface area contributed by atoms with Gasteiger partial charge in [0.2, 0.25) is 0 Å². The Hall–Kier alpha value is -1.89. The third kappa shape index (κ3) is 4.79. The molecule has 23 heavy (non-hydrogen) atoms. The van der Waals surface area contributed by atoms with Crippen LogP contribution in [0, 0.1) is 5.41 Å². The number of rotatable bonds is 6. The number of carbonyl (C=O) groups excluding carboxylic acids is 1. The summed E-state index contributed by atoms with van der Waals surface area (Å²) in [6.45, 7) is -0.685. The lowest BCUT2D eigenvalue weighted by Crippen LogP contribution is -2.48. The minimum Gasteiger partial charge on any atom is -0.435 e. The number of aliphatic hydroxyl groups is 1. The van der Waals surface area contributed by atoms with E-state index < -0.39 is 6.61 Å². The third-order valence-electron chi connectivity index (χ3n) is 4.33. The highest BCUT2D eigenvalue weighted by molar-refractivity contribution is 5.74. The van der Waals surface area contributed by atoms with Crippen molar-refractivity contribution >= 4 is 6.03 Å². The smallest absolute Gasteiger partial charge is 0.387 e. The van der Waals surface area contributed by atoms with Crippen LogP contribution < -0.4 is 15.4 Å². The molecular formula is C16H22F2N2O3. The van der Waals surface area contributed by atoms with Crippen molar-refractivity contribution in [3.63, 3.8) is 0 Å². The number of amides is 2. The molecule has 0 heterocycles. The quantitative estimate of drug-likeness (QED) is 0.752. The van der Waals surface area contributed by atoms with Crippen LogP contribution in [-0.2, 0) is 6.54 Å². The van der Waals surface area contributed by atoms with E-state index in [2.05, 4.69) is 15.4 Å². The molecule has 2 amide bonds. The molecule has 1 aromatic rings. The number of aliphatic hydroxyl groups excluding tert-OH is 1. The average Bonchev–Trinajstić information content (AvgIpc) is 2.87. The van der Waals surface area contributed by atoms with Crippen LogP contribution in [0.1, 0.15) is 31.7 Å². The van der Waals surface area contributed by atoms with Gasteiger partial charge in [0.15, 0.2) is 0 Å². The van der Waals surface area contributed by atoms with Gasteiger partial charge in [-0.25, -0.2) is 4.79 Å². The molecule has 1 aliphatic rings. The summed E-state index contributed by atoms with van der Waals surface area (Å²) in [5.74, 6) is 0.0587. The average molecular weight is 328 g/mol. The molecule has 2 atom stereocenters. The standard InChI is InChI=1S/C16H22F2N2O3/c1-16(10-21)7-3-6-13(16)20-15(22)19-9-11-4-2-5-12(8-11)23-14(17)18/h2,4-5,8,13-14,21H,3,6-7,9-10H2,1H3,(H2,19,20,22). The first-order chi connectivity index (χ1) is 10.9. The number of halogens is 2. The van der Waals surface area contributed by atoms with Crippen LogP contribution in [-0.4, -0.2) is 30.4 Å². The largest absolute Gasteiger partial charge is 0.435 e. The molecule has 0 aliphatic heterocycles. The summed E-state index contributed by atoms with van der Waals surface area (Å²) in [7, 11) is 0. The molecular weight excluding hydrogens is 306 g/mol. The summed E-state index contributed by atoms with van der Waals surface area (Å²) in [6, 6.07) is 5.79. The molecule has 7 heteroatoms. The first kappa shape index (κ1) is 17.5. The number of hydrogen-bond donors (Lipinski definition) is 3. The Morgan fingerprint density at radius 2 is 2.30 bits per heavy atom. The van der Waals surface area contributed by atoms with Crippen LogP contribution in [0.15, 0.2) is 24.3 Å². The topological polar surface area (TPSA) is 70.6 Å². The predicted octanol–water partition coefficient (Wildman–Crippen LogP) is 2.64. The summed E-state index contributed by atoms with van der Waals surface area (Å²) in [4.78, 5) is 12.0. The highest BCUT2D eigenvalue weighted by Gasteiger charge is 2.39. The van der Waals surface area contributed by atoms with Crippen LogP contribution in [0.25, 0.3) is 0 Å². The van der Waals surface area contributed by atoms with E-state index in [1.54, 1.807) is 12.1 Å². The Kier molecular flexibility index (Phi) is 5.76. The number of urea groups is 1. The lowest BCUT2D eigenvalue weighted by molar-refractivity contribution is -0.0498. The molecule has 0 bridgehead atoms. The summed E-state index contributed by atoms with van der Waals surface area (Å²) in [5.41, 5.74) is 0.372. The van der Waals surface area contributed by atoms with Crippen molar-refractivity contribution in [1.82, 2.24) is 10.6 Å². The van der Waals surface area contributed by atoms with Gasteiger partial charge in [0, 0.05) is 18.0 Å². The van der Waals surface area contributed by atoms with Crippen LogP contribution in [0.3, 0.4) is 0 Å². The number of carbonyl (C=O) groups is 1. The van der Waals surface area contributed by atoms with E-state index in [1.165, 1.54) is 12.1 Å². The zero-order valence-corrected chi connectivity index (χ0v) is 13.0. The molecule has 1 saturated carbocycles. The van der Waals surface area contributed by atoms with Gasteiger partial charge in [0.25, 0.3) is 0 Å². The summed E-state index contributed by atoms with van der Waals surface area (Å²) in [6.07, 6.45) is 2.68. The van der Waals surface area contributed by atoms with Gasteiger partial charge in [-0.15, -0.1) is 0 Å². The van der Waals surface area contributed by atoms with Crippen molar-refractivity contribution < 1.29 is 23.4 Å². The van der Waals surface area contributed by atoms with E-state index in [1.807, 2.05) is 6.92 Å². The second-order valence-electron chi connectivity index (χ2n) is 6.11. The van der Waals surface area contributed by atoms with Gasteiger partial charge in [-0.05, 0) is 30.5 Å². The summed E-state index contributed by atoms with van der Waals surface area (Å²) < 4.78 is 28.7. The minimum absolute atomic E-state index is 0.0327. The van der Waals surface area contributed by atoms with E-state index in [4.69, 9.17) is 0 Å². The Bertz CT molecular complexity index is 542. The van der Waals surface area contributed by atoms with Crippen LogP contribution in [0.4, 0.5) is 13.6 Å². The second-order valence-corrected chi connectivity index (χ2v) is 6.11. The highest BCUT2D eigenvalue weighted by atomic mass is 19.3. The molecule has 5 nitrogen and oxygen atoms in total. The number of nitrogens with one attached hydrogen (secondary N) is 2. The Morgan fingerprint density at radius 1 is 1.52 bits per heavy atom. The van der Waals surface area contributed by atoms with Gasteiger partial charge in [-0.1, -0.05) is 25.5 Å². The molecule has 0 spiro atoms. The van der Waals surface area contributed by atoms with Crippen LogP contribution in [0.5, 0.6) is 5.75 Å². The van der Waals surface area contributed by atoms with Crippen molar-refractivity contribution in [2.45, 2.75) is 45.4 Å². The molecule has 0 radical (unpaired) electrons. The lowest BCUT2D eigenvalue weighted by atomic mass is 9.86. The summed E-state index contributed by atoms with van der Waals surface area (Å²) >= 11 is 0. The number of ether oxygens (including phenoxy) is 1. The van der Waals surface area contributed by atoms with Gasteiger partial charge in [0.05, 0.1) is 6.61 Å². The number of benzene rings is 1. The lowest BCUT2D eigenvalue weighted by Gasteiger charge is -2.30. The Balaban J connectivity index is 1.85. The fourth-order valence-electron chi connectivity index (χ4n) is 2.89.